The van der Waals surface area contributed by atoms with Crippen LogP contribution >= 0.6 is 11.8 Å². The van der Waals surface area contributed by atoms with E-state index in [0.29, 0.717) is 31.7 Å². The molecule has 2 aromatic rings. The molecule has 29 heavy (non-hydrogen) atoms. The second-order valence-corrected chi connectivity index (χ2v) is 8.44. The highest BCUT2D eigenvalue weighted by molar-refractivity contribution is 8.01. The molecule has 3 heterocycles. The van der Waals surface area contributed by atoms with Crippen LogP contribution in [0.15, 0.2) is 47.5 Å². The summed E-state index contributed by atoms with van der Waals surface area (Å²) in [4.78, 5) is 44.6. The van der Waals surface area contributed by atoms with Crippen LogP contribution in [0.2, 0.25) is 0 Å². The van der Waals surface area contributed by atoms with E-state index in [2.05, 4.69) is 15.6 Å². The Morgan fingerprint density at radius 3 is 2.66 bits per heavy atom. The SMILES string of the molecule is Cc1ccc(NC(=O)C2CCN(C(=O)[C@@H]3Sc4ccccc4NC3=O)CC2)nc1. The minimum absolute atomic E-state index is 0.0767. The van der Waals surface area contributed by atoms with Crippen molar-refractivity contribution in [1.82, 2.24) is 9.88 Å². The number of pyridine rings is 1. The summed E-state index contributed by atoms with van der Waals surface area (Å²) in [7, 11) is 0. The number of benzene rings is 1. The number of hydrogen-bond acceptors (Lipinski definition) is 5. The van der Waals surface area contributed by atoms with Gasteiger partial charge in [-0.05, 0) is 43.5 Å². The van der Waals surface area contributed by atoms with E-state index in [1.807, 2.05) is 37.3 Å². The molecule has 3 amide bonds. The molecular formula is C21H22N4O3S. The number of amides is 3. The summed E-state index contributed by atoms with van der Waals surface area (Å²) in [5.41, 5.74) is 1.77. The van der Waals surface area contributed by atoms with E-state index < -0.39 is 5.25 Å². The monoisotopic (exact) mass is 410 g/mol. The normalized spacial score (nSPS) is 19.3. The average Bonchev–Trinajstić information content (AvgIpc) is 2.74. The highest BCUT2D eigenvalue weighted by Gasteiger charge is 2.37. The number of nitrogens with zero attached hydrogens (tertiary/aromatic N) is 2. The van der Waals surface area contributed by atoms with Gasteiger partial charge in [-0.3, -0.25) is 14.4 Å². The lowest BCUT2D eigenvalue weighted by atomic mass is 9.95. The third kappa shape index (κ3) is 4.27. The van der Waals surface area contributed by atoms with Gasteiger partial charge in [0.05, 0.1) is 5.69 Å². The van der Waals surface area contributed by atoms with E-state index in [1.54, 1.807) is 17.2 Å². The second-order valence-electron chi connectivity index (χ2n) is 7.29. The van der Waals surface area contributed by atoms with Crippen molar-refractivity contribution in [3.05, 3.63) is 48.2 Å². The first kappa shape index (κ1) is 19.4. The number of likely N-dealkylation sites (tertiary alicyclic amines) is 1. The van der Waals surface area contributed by atoms with Crippen LogP contribution in [-0.2, 0) is 14.4 Å². The Kier molecular flexibility index (Phi) is 5.53. The predicted octanol–water partition coefficient (Wildman–Crippen LogP) is 2.68. The quantitative estimate of drug-likeness (QED) is 0.759. The number of hydrogen-bond donors (Lipinski definition) is 2. The highest BCUT2D eigenvalue weighted by atomic mass is 32.2. The van der Waals surface area contributed by atoms with Crippen LogP contribution in [0.5, 0.6) is 0 Å². The summed E-state index contributed by atoms with van der Waals surface area (Å²) in [6, 6.07) is 11.1. The molecule has 2 aliphatic rings. The number of aryl methyl sites for hydroxylation is 1. The molecule has 4 rings (SSSR count). The van der Waals surface area contributed by atoms with Crippen molar-refractivity contribution in [3.63, 3.8) is 0 Å². The van der Waals surface area contributed by atoms with E-state index in [0.717, 1.165) is 16.1 Å². The Morgan fingerprint density at radius 1 is 1.17 bits per heavy atom. The van der Waals surface area contributed by atoms with E-state index in [1.165, 1.54) is 11.8 Å². The average molecular weight is 410 g/mol. The van der Waals surface area contributed by atoms with Crippen LogP contribution in [0, 0.1) is 12.8 Å². The van der Waals surface area contributed by atoms with Crippen LogP contribution in [0.4, 0.5) is 11.5 Å². The molecule has 0 radical (unpaired) electrons. The van der Waals surface area contributed by atoms with Crippen LogP contribution in [0.3, 0.4) is 0 Å². The Morgan fingerprint density at radius 2 is 1.93 bits per heavy atom. The van der Waals surface area contributed by atoms with Gasteiger partial charge in [-0.2, -0.15) is 0 Å². The number of anilines is 2. The molecule has 1 atom stereocenters. The first-order valence-electron chi connectivity index (χ1n) is 9.60. The lowest BCUT2D eigenvalue weighted by molar-refractivity contribution is -0.136. The second kappa shape index (κ2) is 8.24. The summed E-state index contributed by atoms with van der Waals surface area (Å²) >= 11 is 1.29. The Hall–Kier alpha value is -2.87. The van der Waals surface area contributed by atoms with Gasteiger partial charge < -0.3 is 15.5 Å². The maximum Gasteiger partial charge on any atom is 0.247 e. The maximum atomic E-state index is 12.9. The van der Waals surface area contributed by atoms with E-state index >= 15 is 0 Å². The largest absolute Gasteiger partial charge is 0.341 e. The van der Waals surface area contributed by atoms with Crippen LogP contribution in [0.25, 0.3) is 0 Å². The summed E-state index contributed by atoms with van der Waals surface area (Å²) in [5.74, 6) is -0.194. The van der Waals surface area contributed by atoms with Gasteiger partial charge in [-0.25, -0.2) is 4.98 Å². The smallest absolute Gasteiger partial charge is 0.247 e. The first-order chi connectivity index (χ1) is 14.0. The van der Waals surface area contributed by atoms with E-state index in [4.69, 9.17) is 0 Å². The Bertz CT molecular complexity index is 939. The van der Waals surface area contributed by atoms with Gasteiger partial charge >= 0.3 is 0 Å². The highest BCUT2D eigenvalue weighted by Crippen LogP contribution is 2.36. The molecule has 0 unspecified atom stereocenters. The standard InChI is InChI=1S/C21H22N4O3S/c1-13-6-7-17(22-12-13)24-19(26)14-8-10-25(11-9-14)21(28)18-20(27)23-15-4-2-3-5-16(15)29-18/h2-7,12,14,18H,8-11H2,1H3,(H,23,27)(H,22,24,26)/t18-/m1/s1. The molecule has 0 saturated carbocycles. The summed E-state index contributed by atoms with van der Waals surface area (Å²) in [6.45, 7) is 2.86. The van der Waals surface area contributed by atoms with Crippen LogP contribution in [0.1, 0.15) is 18.4 Å². The van der Waals surface area contributed by atoms with Crippen molar-refractivity contribution >= 4 is 41.0 Å². The fourth-order valence-electron chi connectivity index (χ4n) is 3.51. The van der Waals surface area contributed by atoms with Gasteiger partial charge in [0.1, 0.15) is 5.82 Å². The number of fused-ring (bicyclic) bond motifs is 1. The minimum Gasteiger partial charge on any atom is -0.341 e. The van der Waals surface area contributed by atoms with Crippen molar-refractivity contribution in [3.8, 4) is 0 Å². The molecule has 150 valence electrons. The molecule has 1 fully saturated rings. The minimum atomic E-state index is -0.785. The third-order valence-corrected chi connectivity index (χ3v) is 6.45. The number of nitrogens with one attached hydrogen (secondary N) is 2. The molecule has 1 aromatic carbocycles. The molecule has 0 aliphatic carbocycles. The van der Waals surface area contributed by atoms with Crippen molar-refractivity contribution in [2.75, 3.05) is 23.7 Å². The fraction of sp³-hybridized carbons (Fsp3) is 0.333. The molecule has 7 nitrogen and oxygen atoms in total. The number of carbonyl (C=O) groups is 3. The van der Waals surface area contributed by atoms with Gasteiger partial charge in [0, 0.05) is 30.1 Å². The Labute approximate surface area is 173 Å². The zero-order valence-electron chi connectivity index (χ0n) is 16.1. The molecule has 2 N–H and O–H groups in total. The zero-order chi connectivity index (χ0) is 20.4. The van der Waals surface area contributed by atoms with Crippen molar-refractivity contribution in [1.29, 1.82) is 0 Å². The number of piperidine rings is 1. The molecule has 8 heteroatoms. The predicted molar refractivity (Wildman–Crippen MR) is 112 cm³/mol. The maximum absolute atomic E-state index is 12.9. The van der Waals surface area contributed by atoms with Crippen molar-refractivity contribution in [2.45, 2.75) is 29.9 Å². The van der Waals surface area contributed by atoms with Gasteiger partial charge in [0.25, 0.3) is 0 Å². The molecule has 1 saturated heterocycles. The Balaban J connectivity index is 1.33. The van der Waals surface area contributed by atoms with Gasteiger partial charge in [0.15, 0.2) is 5.25 Å². The van der Waals surface area contributed by atoms with E-state index in [-0.39, 0.29) is 23.6 Å². The lowest BCUT2D eigenvalue weighted by Gasteiger charge is -2.34. The summed E-state index contributed by atoms with van der Waals surface area (Å²) in [6.07, 6.45) is 2.85. The number of aromatic nitrogens is 1. The number of rotatable bonds is 3. The zero-order valence-corrected chi connectivity index (χ0v) is 16.9. The third-order valence-electron chi connectivity index (χ3n) is 5.19. The fourth-order valence-corrected chi connectivity index (χ4v) is 4.58. The van der Waals surface area contributed by atoms with Gasteiger partial charge in [-0.1, -0.05) is 18.2 Å². The molecule has 1 aromatic heterocycles. The molecule has 0 spiro atoms. The number of para-hydroxylation sites is 1. The number of thioether (sulfide) groups is 1. The van der Waals surface area contributed by atoms with E-state index in [9.17, 15) is 14.4 Å². The summed E-state index contributed by atoms with van der Waals surface area (Å²) in [5, 5.41) is 4.87. The van der Waals surface area contributed by atoms with Crippen LogP contribution in [-0.4, -0.2) is 45.9 Å². The number of carbonyl (C=O) groups excluding carboxylic acids is 3. The van der Waals surface area contributed by atoms with Gasteiger partial charge in [0.2, 0.25) is 17.7 Å². The first-order valence-corrected chi connectivity index (χ1v) is 10.5. The van der Waals surface area contributed by atoms with Crippen molar-refractivity contribution in [2.24, 2.45) is 5.92 Å². The molecular weight excluding hydrogens is 388 g/mol. The van der Waals surface area contributed by atoms with Crippen LogP contribution < -0.4 is 10.6 Å². The molecule has 2 aliphatic heterocycles. The van der Waals surface area contributed by atoms with Crippen molar-refractivity contribution < 1.29 is 14.4 Å². The topological polar surface area (TPSA) is 91.4 Å². The van der Waals surface area contributed by atoms with Gasteiger partial charge in [-0.15, -0.1) is 11.8 Å². The lowest BCUT2D eigenvalue weighted by Crippen LogP contribution is -2.48. The molecule has 0 bridgehead atoms. The summed E-state index contributed by atoms with van der Waals surface area (Å²) < 4.78 is 0.